The van der Waals surface area contributed by atoms with Crippen molar-refractivity contribution in [3.8, 4) is 80.1 Å². The Morgan fingerprint density at radius 1 is 0.588 bits per heavy atom. The number of cyclic esters (lactones) is 1. The SMILES string of the molecule is O=C(O)C[C@@H]1C(=O)O[C@@H]2[C@H]3OC(=O)c4cc(O)c(O)c(O)c4-c4c(cc(O)c(O)c4O)C(=O)OC[C@H]2O[C@@H](OC(=O)c2cc(O)c(O)c(O)c2)[C@@H]3OC(=O)c2cc(O)c(O)c3c2[C@@H]1[C@@H](O)C(=O)O3. The van der Waals surface area contributed by atoms with Crippen molar-refractivity contribution >= 4 is 41.8 Å². The number of phenolic OH excluding ortho intramolecular Hbond substituents is 11. The van der Waals surface area contributed by atoms with Gasteiger partial charge < -0.3 is 99.5 Å². The molecular weight excluding hydrogens is 924 g/mol. The van der Waals surface area contributed by atoms with Gasteiger partial charge in [-0.1, -0.05) is 0 Å². The Morgan fingerprint density at radius 3 is 1.69 bits per heavy atom. The van der Waals surface area contributed by atoms with Crippen molar-refractivity contribution in [3.05, 3.63) is 58.1 Å². The summed E-state index contributed by atoms with van der Waals surface area (Å²) in [6.45, 7) is -1.31. The topological polar surface area (TPSA) is 447 Å². The molecule has 0 unspecified atom stereocenters. The van der Waals surface area contributed by atoms with E-state index in [2.05, 4.69) is 0 Å². The molecule has 27 nitrogen and oxygen atoms in total. The lowest BCUT2D eigenvalue weighted by Crippen LogP contribution is -2.63. The number of carbonyl (C=O) groups excluding carboxylic acids is 6. The number of benzene rings is 4. The first-order valence-electron chi connectivity index (χ1n) is 19.2. The van der Waals surface area contributed by atoms with Gasteiger partial charge in [0, 0.05) is 22.6 Å². The van der Waals surface area contributed by atoms with Gasteiger partial charge >= 0.3 is 41.8 Å². The van der Waals surface area contributed by atoms with Crippen LogP contribution in [-0.4, -0.2) is 152 Å². The fraction of sp³-hybridized carbons (Fsp3) is 0.244. The number of fused-ring (bicyclic) bond motifs is 3. The lowest BCUT2D eigenvalue weighted by atomic mass is 9.76. The number of rotatable bonds is 4. The molecule has 4 heterocycles. The van der Waals surface area contributed by atoms with Crippen LogP contribution < -0.4 is 4.74 Å². The van der Waals surface area contributed by atoms with Crippen LogP contribution in [0.25, 0.3) is 11.1 Å². The average molecular weight is 955 g/mol. The molecule has 0 aliphatic carbocycles. The van der Waals surface area contributed by atoms with E-state index in [-0.39, 0.29) is 0 Å². The van der Waals surface area contributed by atoms with E-state index in [9.17, 15) is 99.9 Å². The van der Waals surface area contributed by atoms with Gasteiger partial charge in [-0.2, -0.15) is 0 Å². The molecule has 1 saturated heterocycles. The van der Waals surface area contributed by atoms with E-state index in [0.29, 0.717) is 30.3 Å². The molecule has 0 radical (unpaired) electrons. The van der Waals surface area contributed by atoms with Gasteiger partial charge in [0.15, 0.2) is 70.1 Å². The third-order valence-corrected chi connectivity index (χ3v) is 11.2. The maximum absolute atomic E-state index is 14.6. The molecule has 4 aliphatic rings. The summed E-state index contributed by atoms with van der Waals surface area (Å²) in [5.74, 6) is -32.0. The predicted octanol–water partition coefficient (Wildman–Crippen LogP) is -0.00170. The summed E-state index contributed by atoms with van der Waals surface area (Å²) in [6.07, 6.45) is -16.3. The number of carboxylic acid groups (broad SMARTS) is 1. The van der Waals surface area contributed by atoms with Crippen LogP contribution in [0, 0.1) is 5.92 Å². The first kappa shape index (κ1) is 45.5. The van der Waals surface area contributed by atoms with Gasteiger partial charge in [-0.05, 0) is 30.3 Å². The van der Waals surface area contributed by atoms with E-state index in [1.54, 1.807) is 0 Å². The molecule has 4 aromatic carbocycles. The van der Waals surface area contributed by atoms with Crippen molar-refractivity contribution in [3.63, 3.8) is 0 Å². The van der Waals surface area contributed by atoms with E-state index in [1.165, 1.54) is 0 Å². The highest BCUT2D eigenvalue weighted by molar-refractivity contribution is 6.08. The molecule has 8 rings (SSSR count). The van der Waals surface area contributed by atoms with Gasteiger partial charge in [0.1, 0.15) is 12.7 Å². The second-order valence-corrected chi connectivity index (χ2v) is 15.2. The molecule has 0 amide bonds. The van der Waals surface area contributed by atoms with Crippen LogP contribution in [0.5, 0.6) is 69.0 Å². The van der Waals surface area contributed by atoms with E-state index in [1.807, 2.05) is 0 Å². The van der Waals surface area contributed by atoms with Gasteiger partial charge in [-0.3, -0.25) is 9.59 Å². The number of carboxylic acids is 1. The van der Waals surface area contributed by atoms with Crippen LogP contribution >= 0.6 is 0 Å². The van der Waals surface area contributed by atoms with Crippen LogP contribution in [0.15, 0.2) is 30.3 Å². The van der Waals surface area contributed by atoms with Gasteiger partial charge in [0.2, 0.25) is 29.6 Å². The molecule has 27 heteroatoms. The van der Waals surface area contributed by atoms with Crippen molar-refractivity contribution in [1.82, 2.24) is 0 Å². The number of esters is 6. The molecule has 4 aromatic rings. The fourth-order valence-electron chi connectivity index (χ4n) is 8.04. The van der Waals surface area contributed by atoms with Crippen molar-refractivity contribution < 1.29 is 133 Å². The number of phenols is 11. The minimum Gasteiger partial charge on any atom is -0.504 e. The average Bonchev–Trinajstić information content (AvgIpc) is 3.28. The zero-order valence-electron chi connectivity index (χ0n) is 33.4. The Hall–Kier alpha value is -9.11. The van der Waals surface area contributed by atoms with E-state index in [4.69, 9.17) is 33.2 Å². The van der Waals surface area contributed by atoms with Crippen LogP contribution in [0.1, 0.15) is 59.3 Å². The second-order valence-electron chi connectivity index (χ2n) is 15.2. The molecular formula is C41H30O27. The number of ether oxygens (including phenoxy) is 7. The molecule has 13 N–H and O–H groups in total. The lowest BCUT2D eigenvalue weighted by molar-refractivity contribution is -0.287. The van der Waals surface area contributed by atoms with Gasteiger partial charge in [-0.15, -0.1) is 0 Å². The summed E-state index contributed by atoms with van der Waals surface area (Å²) in [5, 5.41) is 137. The highest BCUT2D eigenvalue weighted by Gasteiger charge is 2.58. The second kappa shape index (κ2) is 16.4. The van der Waals surface area contributed by atoms with Crippen LogP contribution in [0.3, 0.4) is 0 Å². The van der Waals surface area contributed by atoms with Crippen molar-refractivity contribution in [2.24, 2.45) is 5.92 Å². The summed E-state index contributed by atoms with van der Waals surface area (Å²) in [4.78, 5) is 96.8. The predicted molar refractivity (Wildman–Crippen MR) is 206 cm³/mol. The molecule has 4 bridgehead atoms. The molecule has 0 saturated carbocycles. The summed E-state index contributed by atoms with van der Waals surface area (Å²) >= 11 is 0. The van der Waals surface area contributed by atoms with Gasteiger partial charge in [-0.25, -0.2) is 24.0 Å². The third kappa shape index (κ3) is 7.31. The number of aliphatic carboxylic acids is 1. The quantitative estimate of drug-likeness (QED) is 0.0554. The zero-order chi connectivity index (χ0) is 49.5. The van der Waals surface area contributed by atoms with E-state index in [0.717, 1.165) is 0 Å². The maximum Gasteiger partial charge on any atom is 0.341 e. The highest BCUT2D eigenvalue weighted by Crippen LogP contribution is 2.54. The molecule has 356 valence electrons. The Balaban J connectivity index is 1.39. The molecule has 8 atom stereocenters. The minimum atomic E-state index is -2.58. The standard InChI is InChI=1S/C41H30O27/c42-13-1-8(2-14(43)24(13)49)35(56)68-41-34-33-31(64-39(60)12(6-19(47)48)22-23-11(38(59)67-34)5-17(46)27(52)32(23)65-40(61)30(22)55)18(63-41)7-62-36(57)9-3-15(44)25(50)28(53)20(9)21-10(37(58)66-33)4-16(45)26(51)29(21)54/h1-5,12,18,22,30-31,33-34,41-46,49-55H,6-7H2,(H,47,48)/t12-,18+,22+,30+,31-,33+,34+,41-/m0/s1. The fourth-order valence-corrected chi connectivity index (χ4v) is 8.04. The van der Waals surface area contributed by atoms with Crippen LogP contribution in [0.4, 0.5) is 0 Å². The van der Waals surface area contributed by atoms with Gasteiger partial charge in [0.05, 0.1) is 34.6 Å². The normalized spacial score (nSPS) is 24.3. The largest absolute Gasteiger partial charge is 0.504 e. The molecule has 0 aromatic heterocycles. The number of hydrogen-bond acceptors (Lipinski definition) is 26. The van der Waals surface area contributed by atoms with Crippen molar-refractivity contribution in [1.29, 1.82) is 0 Å². The first-order valence-corrected chi connectivity index (χ1v) is 19.2. The molecule has 1 fully saturated rings. The number of aliphatic hydroxyl groups is 1. The number of carbonyl (C=O) groups is 7. The Morgan fingerprint density at radius 2 is 1.10 bits per heavy atom. The zero-order valence-corrected chi connectivity index (χ0v) is 33.4. The van der Waals surface area contributed by atoms with Crippen molar-refractivity contribution in [2.75, 3.05) is 6.61 Å². The summed E-state index contributed by atoms with van der Waals surface area (Å²) in [5.41, 5.74) is -7.08. The number of aliphatic hydroxyl groups excluding tert-OH is 1. The van der Waals surface area contributed by atoms with Gasteiger partial charge in [0.25, 0.3) is 0 Å². The summed E-state index contributed by atoms with van der Waals surface area (Å²) in [6, 6.07) is 2.36. The summed E-state index contributed by atoms with van der Waals surface area (Å²) in [7, 11) is 0. The maximum atomic E-state index is 14.6. The number of hydrogen-bond donors (Lipinski definition) is 13. The van der Waals surface area contributed by atoms with E-state index < -0.39 is 211 Å². The minimum absolute atomic E-state index is 0.361. The number of aromatic hydroxyl groups is 11. The van der Waals surface area contributed by atoms with E-state index >= 15 is 0 Å². The van der Waals surface area contributed by atoms with Crippen LogP contribution in [0.2, 0.25) is 0 Å². The molecule has 68 heavy (non-hydrogen) atoms. The molecule has 0 spiro atoms. The van der Waals surface area contributed by atoms with Crippen molar-refractivity contribution in [2.45, 2.75) is 49.1 Å². The Kier molecular flexibility index (Phi) is 11.0. The van der Waals surface area contributed by atoms with Crippen LogP contribution in [-0.2, 0) is 42.8 Å². The smallest absolute Gasteiger partial charge is 0.341 e. The molecule has 4 aliphatic heterocycles. The summed E-state index contributed by atoms with van der Waals surface area (Å²) < 4.78 is 38.8. The lowest BCUT2D eigenvalue weighted by Gasteiger charge is -2.44. The first-order chi connectivity index (χ1) is 32.0. The Bertz CT molecular complexity index is 2900. The third-order valence-electron chi connectivity index (χ3n) is 11.2. The highest BCUT2D eigenvalue weighted by atomic mass is 16.7. The monoisotopic (exact) mass is 954 g/mol. The Labute approximate surface area is 374 Å².